The smallest absolute Gasteiger partial charge is 0.125 e. The molecule has 0 N–H and O–H groups in total. The highest BCUT2D eigenvalue weighted by atomic mass is 32.1. The summed E-state index contributed by atoms with van der Waals surface area (Å²) in [7, 11) is 1.98. The number of unbranched alkanes of at least 4 members (excludes halogenated alkanes) is 1. The van der Waals surface area contributed by atoms with Gasteiger partial charge in [-0.2, -0.15) is 12.6 Å². The van der Waals surface area contributed by atoms with Crippen LogP contribution in [0.3, 0.4) is 0 Å². The molecule has 0 saturated carbocycles. The summed E-state index contributed by atoms with van der Waals surface area (Å²) in [6.45, 7) is 0.948. The third-order valence-corrected chi connectivity index (χ3v) is 2.47. The van der Waals surface area contributed by atoms with Gasteiger partial charge in [0, 0.05) is 19.3 Å². The number of benzene rings is 1. The van der Waals surface area contributed by atoms with Crippen molar-refractivity contribution >= 4 is 18.3 Å². The first-order valence-electron chi connectivity index (χ1n) is 4.81. The van der Waals surface area contributed by atoms with Crippen LogP contribution >= 0.6 is 12.6 Å². The molecule has 0 aliphatic rings. The Labute approximate surface area is 90.3 Å². The molecule has 0 atom stereocenters. The Morgan fingerprint density at radius 3 is 2.79 bits per heavy atom. The summed E-state index contributed by atoms with van der Waals surface area (Å²) in [4.78, 5) is 2.06. The number of halogens is 1. The van der Waals surface area contributed by atoms with E-state index in [1.54, 1.807) is 12.1 Å². The van der Waals surface area contributed by atoms with Crippen molar-refractivity contribution in [2.24, 2.45) is 0 Å². The Kier molecular flexibility index (Phi) is 4.80. The fourth-order valence-electron chi connectivity index (χ4n) is 1.30. The van der Waals surface area contributed by atoms with Gasteiger partial charge in [-0.05, 0) is 36.8 Å². The first-order valence-corrected chi connectivity index (χ1v) is 5.45. The Balaban J connectivity index is 2.47. The first-order chi connectivity index (χ1) is 6.74. The molecule has 1 nitrogen and oxygen atoms in total. The first kappa shape index (κ1) is 11.4. The number of hydrogen-bond acceptors (Lipinski definition) is 2. The lowest BCUT2D eigenvalue weighted by Gasteiger charge is -2.18. The number of rotatable bonds is 5. The van der Waals surface area contributed by atoms with Crippen molar-refractivity contribution in [3.63, 3.8) is 0 Å². The molecule has 14 heavy (non-hydrogen) atoms. The van der Waals surface area contributed by atoms with Crippen molar-refractivity contribution in [1.82, 2.24) is 0 Å². The van der Waals surface area contributed by atoms with Crippen molar-refractivity contribution in [3.8, 4) is 0 Å². The molecule has 0 aromatic heterocycles. The van der Waals surface area contributed by atoms with Crippen molar-refractivity contribution < 1.29 is 4.39 Å². The van der Waals surface area contributed by atoms with Crippen molar-refractivity contribution in [3.05, 3.63) is 30.1 Å². The summed E-state index contributed by atoms with van der Waals surface area (Å²) < 4.78 is 12.9. The van der Waals surface area contributed by atoms with Crippen LogP contribution in [0.5, 0.6) is 0 Å². The largest absolute Gasteiger partial charge is 0.375 e. The molecule has 0 saturated heterocycles. The summed E-state index contributed by atoms with van der Waals surface area (Å²) in [5.74, 6) is 0.736. The molecule has 1 aromatic carbocycles. The molecule has 0 aliphatic carbocycles. The molecule has 0 aliphatic heterocycles. The van der Waals surface area contributed by atoms with Gasteiger partial charge in [0.25, 0.3) is 0 Å². The second kappa shape index (κ2) is 5.91. The number of nitrogens with zero attached hydrogens (tertiary/aromatic N) is 1. The van der Waals surface area contributed by atoms with Gasteiger partial charge in [-0.15, -0.1) is 0 Å². The van der Waals surface area contributed by atoms with E-state index in [-0.39, 0.29) is 5.82 Å². The van der Waals surface area contributed by atoms with Crippen molar-refractivity contribution in [2.45, 2.75) is 12.8 Å². The van der Waals surface area contributed by atoms with E-state index < -0.39 is 0 Å². The van der Waals surface area contributed by atoms with E-state index in [2.05, 4.69) is 17.5 Å². The van der Waals surface area contributed by atoms with Gasteiger partial charge in [-0.25, -0.2) is 4.39 Å². The monoisotopic (exact) mass is 213 g/mol. The van der Waals surface area contributed by atoms with Gasteiger partial charge >= 0.3 is 0 Å². The summed E-state index contributed by atoms with van der Waals surface area (Å²) in [5, 5.41) is 0. The van der Waals surface area contributed by atoms with E-state index in [0.717, 1.165) is 30.8 Å². The van der Waals surface area contributed by atoms with E-state index >= 15 is 0 Å². The minimum absolute atomic E-state index is 0.177. The predicted octanol–water partition coefficient (Wildman–Crippen LogP) is 2.97. The van der Waals surface area contributed by atoms with Crippen LogP contribution in [0.1, 0.15) is 12.8 Å². The highest BCUT2D eigenvalue weighted by Gasteiger charge is 2.00. The fourth-order valence-corrected chi connectivity index (χ4v) is 1.53. The second-order valence-corrected chi connectivity index (χ2v) is 3.78. The minimum Gasteiger partial charge on any atom is -0.375 e. The Morgan fingerprint density at radius 2 is 2.14 bits per heavy atom. The Bertz CT molecular complexity index is 278. The second-order valence-electron chi connectivity index (χ2n) is 3.33. The highest BCUT2D eigenvalue weighted by Crippen LogP contribution is 2.14. The number of hydrogen-bond donors (Lipinski definition) is 1. The van der Waals surface area contributed by atoms with Gasteiger partial charge in [0.2, 0.25) is 0 Å². The van der Waals surface area contributed by atoms with Gasteiger partial charge in [0.15, 0.2) is 0 Å². The third-order valence-electron chi connectivity index (χ3n) is 2.15. The van der Waals surface area contributed by atoms with Gasteiger partial charge in [-0.3, -0.25) is 0 Å². The minimum atomic E-state index is -0.177. The fraction of sp³-hybridized carbons (Fsp3) is 0.455. The molecule has 78 valence electrons. The number of thiol groups is 1. The lowest BCUT2D eigenvalue weighted by atomic mass is 10.2. The van der Waals surface area contributed by atoms with Gasteiger partial charge in [0.05, 0.1) is 0 Å². The molecule has 0 heterocycles. The molecular weight excluding hydrogens is 197 g/mol. The maximum Gasteiger partial charge on any atom is 0.125 e. The standard InChI is InChI=1S/C11H16FNS/c1-13(7-2-3-8-14)11-6-4-5-10(12)9-11/h4-6,9,14H,2-3,7-8H2,1H3. The Hall–Kier alpha value is -0.700. The van der Waals surface area contributed by atoms with Crippen LogP contribution in [0.4, 0.5) is 10.1 Å². The molecule has 0 spiro atoms. The van der Waals surface area contributed by atoms with Crippen LogP contribution in [0.15, 0.2) is 24.3 Å². The van der Waals surface area contributed by atoms with E-state index in [0.29, 0.717) is 0 Å². The average molecular weight is 213 g/mol. The summed E-state index contributed by atoms with van der Waals surface area (Å²) in [6.07, 6.45) is 2.19. The molecule has 1 aromatic rings. The molecular formula is C11H16FNS. The van der Waals surface area contributed by atoms with Crippen LogP contribution < -0.4 is 4.90 Å². The van der Waals surface area contributed by atoms with Crippen molar-refractivity contribution in [2.75, 3.05) is 24.2 Å². The molecule has 1 rings (SSSR count). The SMILES string of the molecule is CN(CCCCS)c1cccc(F)c1. The average Bonchev–Trinajstić information content (AvgIpc) is 2.18. The zero-order valence-corrected chi connectivity index (χ0v) is 9.30. The molecule has 0 radical (unpaired) electrons. The van der Waals surface area contributed by atoms with Crippen molar-refractivity contribution in [1.29, 1.82) is 0 Å². The predicted molar refractivity (Wildman–Crippen MR) is 62.8 cm³/mol. The van der Waals surface area contributed by atoms with Crippen LogP contribution in [0, 0.1) is 5.82 Å². The van der Waals surface area contributed by atoms with Gasteiger partial charge in [-0.1, -0.05) is 6.07 Å². The molecule has 0 bridgehead atoms. The zero-order chi connectivity index (χ0) is 10.4. The summed E-state index contributed by atoms with van der Waals surface area (Å²) in [6, 6.07) is 6.68. The van der Waals surface area contributed by atoms with Crippen LogP contribution in [0.25, 0.3) is 0 Å². The molecule has 0 unspecified atom stereocenters. The van der Waals surface area contributed by atoms with E-state index in [1.807, 2.05) is 13.1 Å². The quantitative estimate of drug-likeness (QED) is 0.581. The Morgan fingerprint density at radius 1 is 1.36 bits per heavy atom. The van der Waals surface area contributed by atoms with E-state index in [4.69, 9.17) is 0 Å². The zero-order valence-electron chi connectivity index (χ0n) is 8.41. The lowest BCUT2D eigenvalue weighted by molar-refractivity contribution is 0.627. The van der Waals surface area contributed by atoms with Gasteiger partial charge < -0.3 is 4.90 Å². The lowest BCUT2D eigenvalue weighted by Crippen LogP contribution is -2.18. The van der Waals surface area contributed by atoms with E-state index in [9.17, 15) is 4.39 Å². The van der Waals surface area contributed by atoms with Crippen LogP contribution in [-0.4, -0.2) is 19.3 Å². The normalized spacial score (nSPS) is 10.2. The van der Waals surface area contributed by atoms with E-state index in [1.165, 1.54) is 6.07 Å². The topological polar surface area (TPSA) is 3.24 Å². The highest BCUT2D eigenvalue weighted by molar-refractivity contribution is 7.80. The molecule has 0 amide bonds. The number of anilines is 1. The van der Waals surface area contributed by atoms with Crippen LogP contribution in [0.2, 0.25) is 0 Å². The maximum atomic E-state index is 12.9. The molecule has 0 fully saturated rings. The van der Waals surface area contributed by atoms with Crippen LogP contribution in [-0.2, 0) is 0 Å². The molecule has 3 heteroatoms. The summed E-state index contributed by atoms with van der Waals surface area (Å²) in [5.41, 5.74) is 0.934. The third kappa shape index (κ3) is 3.58. The maximum absolute atomic E-state index is 12.9. The summed E-state index contributed by atoms with van der Waals surface area (Å²) >= 11 is 4.15. The van der Waals surface area contributed by atoms with Gasteiger partial charge in [0.1, 0.15) is 5.82 Å².